The minimum atomic E-state index is -0.752. The Bertz CT molecular complexity index is 428. The Kier molecular flexibility index (Phi) is 4.37. The largest absolute Gasteiger partial charge is 0.480 e. The number of benzene rings is 1. The Morgan fingerprint density at radius 3 is 2.32 bits per heavy atom. The first-order valence-electron chi connectivity index (χ1n) is 6.59. The molecule has 1 saturated heterocycles. The molecule has 1 heterocycles. The number of hydrogen-bond donors (Lipinski definition) is 1. The second kappa shape index (κ2) is 6.02. The van der Waals surface area contributed by atoms with Crippen molar-refractivity contribution >= 4 is 11.7 Å². The third kappa shape index (κ3) is 3.23. The highest BCUT2D eigenvalue weighted by molar-refractivity contribution is 5.73. The van der Waals surface area contributed by atoms with E-state index in [1.807, 2.05) is 11.8 Å². The lowest BCUT2D eigenvalue weighted by Gasteiger charge is -2.38. The fourth-order valence-electron chi connectivity index (χ4n) is 2.53. The van der Waals surface area contributed by atoms with Crippen molar-refractivity contribution in [2.24, 2.45) is 0 Å². The molecule has 1 aromatic rings. The van der Waals surface area contributed by atoms with Gasteiger partial charge in [0.25, 0.3) is 0 Å². The van der Waals surface area contributed by atoms with Gasteiger partial charge in [0.2, 0.25) is 0 Å². The van der Waals surface area contributed by atoms with Crippen LogP contribution in [0.3, 0.4) is 0 Å². The molecule has 2 rings (SSSR count). The second-order valence-corrected chi connectivity index (χ2v) is 4.76. The molecule has 0 radical (unpaired) electrons. The van der Waals surface area contributed by atoms with E-state index in [1.165, 1.54) is 12.1 Å². The summed E-state index contributed by atoms with van der Waals surface area (Å²) in [6.07, 6.45) is 0.617. The number of nitrogens with zero attached hydrogens (tertiary/aromatic N) is 2. The summed E-state index contributed by atoms with van der Waals surface area (Å²) in [5.74, 6) is -0.989. The Labute approximate surface area is 112 Å². The Morgan fingerprint density at radius 2 is 1.84 bits per heavy atom. The molecule has 1 unspecified atom stereocenters. The average molecular weight is 266 g/mol. The molecule has 0 saturated carbocycles. The predicted octanol–water partition coefficient (Wildman–Crippen LogP) is 1.81. The van der Waals surface area contributed by atoms with Crippen LogP contribution in [0.5, 0.6) is 0 Å². The smallest absolute Gasteiger partial charge is 0.320 e. The topological polar surface area (TPSA) is 43.8 Å². The molecule has 1 fully saturated rings. The summed E-state index contributed by atoms with van der Waals surface area (Å²) in [5.41, 5.74) is 0.990. The van der Waals surface area contributed by atoms with Gasteiger partial charge in [-0.1, -0.05) is 6.92 Å². The molecular formula is C14H19FN2O2. The van der Waals surface area contributed by atoms with Crippen LogP contribution < -0.4 is 4.90 Å². The van der Waals surface area contributed by atoms with Gasteiger partial charge in [-0.25, -0.2) is 4.39 Å². The van der Waals surface area contributed by atoms with E-state index in [4.69, 9.17) is 5.11 Å². The van der Waals surface area contributed by atoms with E-state index >= 15 is 0 Å². The lowest BCUT2D eigenvalue weighted by molar-refractivity contribution is -0.143. The van der Waals surface area contributed by atoms with Crippen LogP contribution in [0.15, 0.2) is 24.3 Å². The number of aliphatic carboxylic acids is 1. The molecule has 4 nitrogen and oxygen atoms in total. The van der Waals surface area contributed by atoms with Crippen molar-refractivity contribution in [3.63, 3.8) is 0 Å². The minimum absolute atomic E-state index is 0.237. The maximum atomic E-state index is 12.9. The number of carboxylic acid groups (broad SMARTS) is 1. The predicted molar refractivity (Wildman–Crippen MR) is 71.9 cm³/mol. The fourth-order valence-corrected chi connectivity index (χ4v) is 2.53. The van der Waals surface area contributed by atoms with Crippen LogP contribution in [0.4, 0.5) is 10.1 Å². The molecule has 19 heavy (non-hydrogen) atoms. The first-order chi connectivity index (χ1) is 9.11. The maximum absolute atomic E-state index is 12.9. The quantitative estimate of drug-likeness (QED) is 0.902. The number of rotatable bonds is 4. The van der Waals surface area contributed by atoms with Crippen molar-refractivity contribution in [2.75, 3.05) is 31.1 Å². The molecule has 1 atom stereocenters. The summed E-state index contributed by atoms with van der Waals surface area (Å²) >= 11 is 0. The number of piperazine rings is 1. The molecule has 0 aromatic heterocycles. The lowest BCUT2D eigenvalue weighted by atomic mass is 10.1. The fraction of sp³-hybridized carbons (Fsp3) is 0.500. The zero-order valence-electron chi connectivity index (χ0n) is 11.1. The molecule has 0 spiro atoms. The number of anilines is 1. The van der Waals surface area contributed by atoms with Gasteiger partial charge in [0.15, 0.2) is 0 Å². The molecule has 0 amide bonds. The van der Waals surface area contributed by atoms with Crippen LogP contribution in [-0.4, -0.2) is 48.2 Å². The SMILES string of the molecule is CCC(C(=O)O)N1CCN(c2ccc(F)cc2)CC1. The van der Waals surface area contributed by atoms with E-state index in [0.717, 1.165) is 31.9 Å². The van der Waals surface area contributed by atoms with Gasteiger partial charge in [-0.15, -0.1) is 0 Å². The van der Waals surface area contributed by atoms with Gasteiger partial charge in [-0.05, 0) is 30.7 Å². The first-order valence-corrected chi connectivity index (χ1v) is 6.59. The van der Waals surface area contributed by atoms with Crippen LogP contribution in [0.2, 0.25) is 0 Å². The Morgan fingerprint density at radius 1 is 1.26 bits per heavy atom. The van der Waals surface area contributed by atoms with E-state index in [0.29, 0.717) is 6.42 Å². The van der Waals surface area contributed by atoms with Gasteiger partial charge in [0, 0.05) is 31.9 Å². The molecule has 1 N–H and O–H groups in total. The van der Waals surface area contributed by atoms with Gasteiger partial charge in [-0.2, -0.15) is 0 Å². The first kappa shape index (κ1) is 13.8. The van der Waals surface area contributed by atoms with Gasteiger partial charge >= 0.3 is 5.97 Å². The summed E-state index contributed by atoms with van der Waals surface area (Å²) in [6.45, 7) is 4.89. The van der Waals surface area contributed by atoms with E-state index in [-0.39, 0.29) is 5.82 Å². The van der Waals surface area contributed by atoms with Crippen LogP contribution >= 0.6 is 0 Å². The van der Waals surface area contributed by atoms with Crippen molar-refractivity contribution < 1.29 is 14.3 Å². The minimum Gasteiger partial charge on any atom is -0.480 e. The second-order valence-electron chi connectivity index (χ2n) is 4.76. The molecule has 1 aliphatic heterocycles. The summed E-state index contributed by atoms with van der Waals surface area (Å²) in [7, 11) is 0. The van der Waals surface area contributed by atoms with Crippen LogP contribution in [0, 0.1) is 5.82 Å². The lowest BCUT2D eigenvalue weighted by Crippen LogP contribution is -2.52. The summed E-state index contributed by atoms with van der Waals surface area (Å²) in [6, 6.07) is 6.04. The standard InChI is InChI=1S/C14H19FN2O2/c1-2-13(14(18)19)17-9-7-16(8-10-17)12-5-3-11(15)4-6-12/h3-6,13H,2,7-10H2,1H3,(H,18,19). The summed E-state index contributed by atoms with van der Waals surface area (Å²) < 4.78 is 12.9. The van der Waals surface area contributed by atoms with Crippen molar-refractivity contribution in [3.8, 4) is 0 Å². The third-order valence-corrected chi connectivity index (χ3v) is 3.62. The number of hydrogen-bond acceptors (Lipinski definition) is 3. The van der Waals surface area contributed by atoms with Crippen LogP contribution in [0.1, 0.15) is 13.3 Å². The molecule has 1 aliphatic rings. The highest BCUT2D eigenvalue weighted by Gasteiger charge is 2.27. The molecule has 104 valence electrons. The molecular weight excluding hydrogens is 247 g/mol. The Hall–Kier alpha value is -1.62. The summed E-state index contributed by atoms with van der Waals surface area (Å²) in [4.78, 5) is 15.3. The van der Waals surface area contributed by atoms with Crippen molar-refractivity contribution in [2.45, 2.75) is 19.4 Å². The number of halogens is 1. The van der Waals surface area contributed by atoms with Crippen molar-refractivity contribution in [1.29, 1.82) is 0 Å². The maximum Gasteiger partial charge on any atom is 0.320 e. The van der Waals surface area contributed by atoms with E-state index < -0.39 is 12.0 Å². The van der Waals surface area contributed by atoms with Gasteiger partial charge < -0.3 is 10.0 Å². The van der Waals surface area contributed by atoms with Crippen molar-refractivity contribution in [1.82, 2.24) is 4.90 Å². The van der Waals surface area contributed by atoms with Crippen LogP contribution in [-0.2, 0) is 4.79 Å². The van der Waals surface area contributed by atoms with E-state index in [2.05, 4.69) is 4.90 Å². The molecule has 1 aromatic carbocycles. The molecule has 5 heteroatoms. The molecule has 0 bridgehead atoms. The van der Waals surface area contributed by atoms with Gasteiger partial charge in [0.05, 0.1) is 0 Å². The van der Waals surface area contributed by atoms with Gasteiger partial charge in [-0.3, -0.25) is 9.69 Å². The number of carbonyl (C=O) groups is 1. The highest BCUT2D eigenvalue weighted by atomic mass is 19.1. The normalized spacial score (nSPS) is 18.3. The summed E-state index contributed by atoms with van der Waals surface area (Å²) in [5, 5.41) is 9.14. The average Bonchev–Trinajstić information content (AvgIpc) is 2.41. The van der Waals surface area contributed by atoms with Gasteiger partial charge in [0.1, 0.15) is 11.9 Å². The monoisotopic (exact) mass is 266 g/mol. The zero-order chi connectivity index (χ0) is 13.8. The van der Waals surface area contributed by atoms with E-state index in [9.17, 15) is 9.18 Å². The van der Waals surface area contributed by atoms with Crippen molar-refractivity contribution in [3.05, 3.63) is 30.1 Å². The highest BCUT2D eigenvalue weighted by Crippen LogP contribution is 2.18. The zero-order valence-corrected chi connectivity index (χ0v) is 11.1. The van der Waals surface area contributed by atoms with E-state index in [1.54, 1.807) is 12.1 Å². The molecule has 0 aliphatic carbocycles. The number of carboxylic acids is 1. The van der Waals surface area contributed by atoms with Crippen LogP contribution in [0.25, 0.3) is 0 Å². The Balaban J connectivity index is 1.95. The third-order valence-electron chi connectivity index (χ3n) is 3.62.